The van der Waals surface area contributed by atoms with E-state index in [4.69, 9.17) is 32.5 Å². The number of aldehydes is 1. The van der Waals surface area contributed by atoms with Crippen molar-refractivity contribution < 1.29 is 14.0 Å². The first-order valence-electron chi connectivity index (χ1n) is 8.73. The molecule has 0 aliphatic rings. The lowest BCUT2D eigenvalue weighted by Gasteiger charge is -2.25. The van der Waals surface area contributed by atoms with E-state index < -0.39 is 0 Å². The Labute approximate surface area is 181 Å². The number of anilines is 2. The molecule has 148 valence electrons. The van der Waals surface area contributed by atoms with Crippen LogP contribution in [-0.4, -0.2) is 18.4 Å². The third-order valence-corrected chi connectivity index (χ3v) is 5.04. The number of pyridine rings is 1. The minimum Gasteiger partial charge on any atom is -0.453 e. The maximum absolute atomic E-state index is 10.9. The van der Waals surface area contributed by atoms with Gasteiger partial charge in [-0.2, -0.15) is 5.26 Å². The quantitative estimate of drug-likeness (QED) is 0.273. The van der Waals surface area contributed by atoms with Crippen molar-refractivity contribution in [3.8, 4) is 17.4 Å². The summed E-state index contributed by atoms with van der Waals surface area (Å²) in [4.78, 5) is 20.9. The van der Waals surface area contributed by atoms with Crippen molar-refractivity contribution in [3.05, 3.63) is 76.1 Å². The number of nitriles is 1. The van der Waals surface area contributed by atoms with Crippen molar-refractivity contribution >= 4 is 51.8 Å². The van der Waals surface area contributed by atoms with E-state index in [1.165, 1.54) is 18.4 Å². The summed E-state index contributed by atoms with van der Waals surface area (Å²) in [7, 11) is 1.48. The van der Waals surface area contributed by atoms with Crippen LogP contribution in [0.15, 0.2) is 59.1 Å². The summed E-state index contributed by atoms with van der Waals surface area (Å²) in [6.07, 6.45) is 2.11. The van der Waals surface area contributed by atoms with Crippen LogP contribution < -0.4 is 5.06 Å². The summed E-state index contributed by atoms with van der Waals surface area (Å²) in [5.41, 5.74) is 2.68. The molecule has 0 aliphatic carbocycles. The lowest BCUT2D eigenvalue weighted by atomic mass is 10.1. The third-order valence-electron chi connectivity index (χ3n) is 4.50. The molecule has 4 rings (SSSR count). The molecule has 4 aromatic rings. The predicted octanol–water partition coefficient (Wildman–Crippen LogP) is 6.19. The number of aromatic nitrogens is 1. The van der Waals surface area contributed by atoms with Crippen molar-refractivity contribution in [3.63, 3.8) is 0 Å². The second-order valence-electron chi connectivity index (χ2n) is 6.26. The topological polar surface area (TPSA) is 79.4 Å². The lowest BCUT2D eigenvalue weighted by Crippen LogP contribution is -2.17. The number of hydrogen-bond donors (Lipinski definition) is 0. The first kappa shape index (κ1) is 19.9. The van der Waals surface area contributed by atoms with E-state index in [0.717, 1.165) is 5.56 Å². The zero-order valence-corrected chi connectivity index (χ0v) is 17.1. The molecule has 0 unspecified atom stereocenters. The molecule has 0 bridgehead atoms. The van der Waals surface area contributed by atoms with E-state index in [0.29, 0.717) is 49.9 Å². The average Bonchev–Trinajstić information content (AvgIpc) is 3.24. The molecule has 8 heteroatoms. The number of carbonyl (C=O) groups excluding carboxylic acids is 1. The van der Waals surface area contributed by atoms with Crippen molar-refractivity contribution in [1.82, 2.24) is 4.98 Å². The zero-order chi connectivity index (χ0) is 21.3. The summed E-state index contributed by atoms with van der Waals surface area (Å²) < 4.78 is 5.49. The fraction of sp³-hybridized carbons (Fsp3) is 0.0455. The molecule has 0 fully saturated rings. The molecule has 0 aliphatic heterocycles. The van der Waals surface area contributed by atoms with Gasteiger partial charge in [-0.05, 0) is 42.5 Å². The molecule has 0 saturated carbocycles. The number of benzene rings is 2. The van der Waals surface area contributed by atoms with Gasteiger partial charge in [-0.3, -0.25) is 14.6 Å². The largest absolute Gasteiger partial charge is 0.453 e. The number of hydrogen-bond acceptors (Lipinski definition) is 6. The molecule has 0 spiro atoms. The smallest absolute Gasteiger partial charge is 0.185 e. The van der Waals surface area contributed by atoms with Gasteiger partial charge in [0.1, 0.15) is 11.8 Å². The van der Waals surface area contributed by atoms with Gasteiger partial charge in [-0.15, -0.1) is 0 Å². The van der Waals surface area contributed by atoms with Crippen LogP contribution in [-0.2, 0) is 4.84 Å². The molecule has 0 saturated heterocycles. The van der Waals surface area contributed by atoms with Gasteiger partial charge in [-0.1, -0.05) is 29.3 Å². The molecule has 2 aromatic heterocycles. The first-order chi connectivity index (χ1) is 14.5. The zero-order valence-electron chi connectivity index (χ0n) is 15.6. The van der Waals surface area contributed by atoms with Crippen LogP contribution in [0.4, 0.5) is 11.4 Å². The maximum Gasteiger partial charge on any atom is 0.185 e. The Bertz CT molecular complexity index is 1310. The van der Waals surface area contributed by atoms with E-state index in [1.807, 2.05) is 18.2 Å². The number of nitrogens with zero attached hydrogens (tertiary/aromatic N) is 3. The van der Waals surface area contributed by atoms with Gasteiger partial charge >= 0.3 is 0 Å². The van der Waals surface area contributed by atoms with E-state index in [9.17, 15) is 10.1 Å². The van der Waals surface area contributed by atoms with Crippen LogP contribution in [0.25, 0.3) is 22.2 Å². The Morgan fingerprint density at radius 3 is 2.67 bits per heavy atom. The molecule has 0 radical (unpaired) electrons. The highest BCUT2D eigenvalue weighted by atomic mass is 35.5. The summed E-state index contributed by atoms with van der Waals surface area (Å²) in [6, 6.07) is 15.9. The lowest BCUT2D eigenvalue weighted by molar-refractivity contribution is 0.110. The van der Waals surface area contributed by atoms with E-state index >= 15 is 0 Å². The second kappa shape index (κ2) is 8.17. The average molecular weight is 438 g/mol. The minimum absolute atomic E-state index is 0.238. The van der Waals surface area contributed by atoms with Gasteiger partial charge in [-0.25, -0.2) is 5.06 Å². The van der Waals surface area contributed by atoms with E-state index in [-0.39, 0.29) is 5.76 Å². The minimum atomic E-state index is 0.238. The molecule has 30 heavy (non-hydrogen) atoms. The van der Waals surface area contributed by atoms with Gasteiger partial charge in [0, 0.05) is 22.2 Å². The van der Waals surface area contributed by atoms with Crippen LogP contribution in [0.5, 0.6) is 0 Å². The Balaban J connectivity index is 1.91. The van der Waals surface area contributed by atoms with E-state index in [2.05, 4.69) is 11.1 Å². The van der Waals surface area contributed by atoms with Crippen LogP contribution in [0, 0.1) is 11.3 Å². The number of fused-ring (bicyclic) bond motifs is 1. The van der Waals surface area contributed by atoms with Gasteiger partial charge in [0.2, 0.25) is 0 Å². The highest BCUT2D eigenvalue weighted by molar-refractivity contribution is 6.36. The van der Waals surface area contributed by atoms with Crippen LogP contribution in [0.3, 0.4) is 0 Å². The predicted molar refractivity (Wildman–Crippen MR) is 115 cm³/mol. The molecular formula is C22H13Cl2N3O3. The molecule has 0 amide bonds. The van der Waals surface area contributed by atoms with Crippen LogP contribution >= 0.6 is 23.2 Å². The normalized spacial score (nSPS) is 10.7. The summed E-state index contributed by atoms with van der Waals surface area (Å²) in [6.45, 7) is 0. The Hall–Kier alpha value is -3.37. The SMILES string of the molecule is CON(c1ccc(Cl)cc1Cl)c1c(C#N)cnc2cc(-c3ccc(C=O)o3)ccc12. The van der Waals surface area contributed by atoms with Gasteiger partial charge < -0.3 is 4.42 Å². The Kier molecular flexibility index (Phi) is 5.42. The van der Waals surface area contributed by atoms with Crippen LogP contribution in [0.2, 0.25) is 10.0 Å². The highest BCUT2D eigenvalue weighted by Crippen LogP contribution is 2.39. The molecule has 2 heterocycles. The molecule has 0 N–H and O–H groups in total. The second-order valence-corrected chi connectivity index (χ2v) is 7.10. The molecule has 6 nitrogen and oxygen atoms in total. The number of rotatable bonds is 5. The van der Waals surface area contributed by atoms with Gasteiger partial charge in [0.15, 0.2) is 12.0 Å². The Morgan fingerprint density at radius 1 is 1.17 bits per heavy atom. The van der Waals surface area contributed by atoms with Gasteiger partial charge in [0.25, 0.3) is 0 Å². The first-order valence-corrected chi connectivity index (χ1v) is 9.49. The molecule has 0 atom stereocenters. The van der Waals surface area contributed by atoms with Crippen molar-refractivity contribution in [2.45, 2.75) is 0 Å². The monoisotopic (exact) mass is 437 g/mol. The number of furan rings is 1. The van der Waals surface area contributed by atoms with Crippen molar-refractivity contribution in [2.75, 3.05) is 12.2 Å². The fourth-order valence-corrected chi connectivity index (χ4v) is 3.65. The fourth-order valence-electron chi connectivity index (χ4n) is 3.16. The summed E-state index contributed by atoms with van der Waals surface area (Å²) in [5.74, 6) is 0.776. The molecule has 2 aromatic carbocycles. The van der Waals surface area contributed by atoms with Crippen LogP contribution in [0.1, 0.15) is 16.1 Å². The van der Waals surface area contributed by atoms with Gasteiger partial charge in [0.05, 0.1) is 34.6 Å². The highest BCUT2D eigenvalue weighted by Gasteiger charge is 2.21. The number of carbonyl (C=O) groups is 1. The third kappa shape index (κ3) is 3.51. The Morgan fingerprint density at radius 2 is 2.00 bits per heavy atom. The number of halogens is 2. The van der Waals surface area contributed by atoms with Crippen molar-refractivity contribution in [1.29, 1.82) is 5.26 Å². The standard InChI is InChI=1S/C22H13Cl2N3O3/c1-29-27(20-6-3-15(23)9-18(20)24)22-14(10-25)11-26-19-8-13(2-5-17(19)22)21-7-4-16(12-28)30-21/h2-9,11-12H,1H3. The van der Waals surface area contributed by atoms with Crippen molar-refractivity contribution in [2.24, 2.45) is 0 Å². The summed E-state index contributed by atoms with van der Waals surface area (Å²) in [5, 5.41) is 12.7. The maximum atomic E-state index is 10.9. The molecular weight excluding hydrogens is 425 g/mol. The summed E-state index contributed by atoms with van der Waals surface area (Å²) >= 11 is 12.4. The van der Waals surface area contributed by atoms with E-state index in [1.54, 1.807) is 30.3 Å².